The van der Waals surface area contributed by atoms with Crippen molar-refractivity contribution >= 4 is 46.0 Å². The van der Waals surface area contributed by atoms with E-state index >= 15 is 0 Å². The van der Waals surface area contributed by atoms with Crippen molar-refractivity contribution in [3.05, 3.63) is 63.0 Å². The van der Waals surface area contributed by atoms with E-state index < -0.39 is 4.92 Å². The number of non-ortho nitro benzene ring substituents is 1. The van der Waals surface area contributed by atoms with E-state index in [2.05, 4.69) is 0 Å². The number of hydrogen-bond acceptors (Lipinski definition) is 8. The molecule has 1 amide bonds. The summed E-state index contributed by atoms with van der Waals surface area (Å²) in [6, 6.07) is 11.4. The zero-order chi connectivity index (χ0) is 22.4. The van der Waals surface area contributed by atoms with Crippen molar-refractivity contribution in [2.45, 2.75) is 6.92 Å². The molecule has 0 aliphatic carbocycles. The van der Waals surface area contributed by atoms with Crippen LogP contribution in [0.15, 0.2) is 47.4 Å². The van der Waals surface area contributed by atoms with E-state index in [0.29, 0.717) is 32.8 Å². The minimum Gasteiger partial charge on any atom is -0.497 e. The van der Waals surface area contributed by atoms with Crippen molar-refractivity contribution < 1.29 is 23.9 Å². The zero-order valence-corrected chi connectivity index (χ0v) is 18.5. The third kappa shape index (κ3) is 5.53. The van der Waals surface area contributed by atoms with E-state index in [-0.39, 0.29) is 24.8 Å². The largest absolute Gasteiger partial charge is 0.497 e. The highest BCUT2D eigenvalue weighted by Crippen LogP contribution is 2.35. The first-order valence-corrected chi connectivity index (χ1v) is 10.6. The molecule has 0 saturated carbocycles. The Labute approximate surface area is 188 Å². The second-order valence-corrected chi connectivity index (χ2v) is 7.95. The summed E-state index contributed by atoms with van der Waals surface area (Å²) in [6.45, 7) is 2.77. The maximum Gasteiger partial charge on any atom is 0.270 e. The van der Waals surface area contributed by atoms with Gasteiger partial charge in [-0.05, 0) is 43.3 Å². The van der Waals surface area contributed by atoms with Crippen LogP contribution < -0.4 is 14.2 Å². The second kappa shape index (κ2) is 10.3. The Morgan fingerprint density at radius 3 is 2.42 bits per heavy atom. The smallest absolute Gasteiger partial charge is 0.270 e. The Balaban J connectivity index is 1.72. The molecule has 0 bridgehead atoms. The number of carbonyl (C=O) groups is 1. The number of thiocarbonyl (C=S) groups is 1. The molecule has 8 nitrogen and oxygen atoms in total. The fourth-order valence-corrected chi connectivity index (χ4v) is 4.17. The van der Waals surface area contributed by atoms with Crippen molar-refractivity contribution in [3.63, 3.8) is 0 Å². The molecule has 0 N–H and O–H groups in total. The van der Waals surface area contributed by atoms with Crippen LogP contribution in [-0.4, -0.2) is 46.9 Å². The van der Waals surface area contributed by atoms with Gasteiger partial charge >= 0.3 is 0 Å². The predicted octanol–water partition coefficient (Wildman–Crippen LogP) is 4.28. The van der Waals surface area contributed by atoms with E-state index in [1.54, 1.807) is 37.5 Å². The van der Waals surface area contributed by atoms with E-state index in [4.69, 9.17) is 26.4 Å². The second-order valence-electron chi connectivity index (χ2n) is 6.28. The summed E-state index contributed by atoms with van der Waals surface area (Å²) in [7, 11) is 1.59. The standard InChI is InChI=1S/C21H20N2O6S2/c1-3-22-20(24)19(31-21(22)30)13-14-12-15(23(25)26)4-9-18(14)29-11-10-28-17-7-5-16(27-2)6-8-17/h4-9,12-13H,3,10-11H2,1-2H3. The number of carbonyl (C=O) groups excluding carboxylic acids is 1. The van der Waals surface area contributed by atoms with Crippen LogP contribution in [-0.2, 0) is 4.79 Å². The monoisotopic (exact) mass is 460 g/mol. The normalized spacial score (nSPS) is 14.8. The molecule has 1 saturated heterocycles. The van der Waals surface area contributed by atoms with E-state index in [1.165, 1.54) is 23.1 Å². The molecule has 0 unspecified atom stereocenters. The third-order valence-electron chi connectivity index (χ3n) is 4.35. The van der Waals surface area contributed by atoms with Crippen molar-refractivity contribution in [3.8, 4) is 17.2 Å². The molecule has 0 aromatic heterocycles. The Morgan fingerprint density at radius 1 is 1.13 bits per heavy atom. The summed E-state index contributed by atoms with van der Waals surface area (Å²) in [5.41, 5.74) is 0.328. The highest BCUT2D eigenvalue weighted by Gasteiger charge is 2.31. The molecule has 10 heteroatoms. The topological polar surface area (TPSA) is 91.1 Å². The van der Waals surface area contributed by atoms with Gasteiger partial charge in [-0.3, -0.25) is 19.8 Å². The number of amides is 1. The van der Waals surface area contributed by atoms with Crippen LogP contribution in [0.1, 0.15) is 12.5 Å². The first kappa shape index (κ1) is 22.6. The Hall–Kier alpha value is -3.11. The van der Waals surface area contributed by atoms with E-state index in [1.807, 2.05) is 6.92 Å². The molecule has 2 aromatic rings. The summed E-state index contributed by atoms with van der Waals surface area (Å²) in [6.07, 6.45) is 1.57. The van der Waals surface area contributed by atoms with E-state index in [9.17, 15) is 14.9 Å². The van der Waals surface area contributed by atoms with Gasteiger partial charge in [0.1, 0.15) is 34.8 Å². The van der Waals surface area contributed by atoms with Crippen molar-refractivity contribution in [2.24, 2.45) is 0 Å². The summed E-state index contributed by atoms with van der Waals surface area (Å²) >= 11 is 6.38. The lowest BCUT2D eigenvalue weighted by molar-refractivity contribution is -0.384. The van der Waals surface area contributed by atoms with Gasteiger partial charge in [-0.15, -0.1) is 0 Å². The van der Waals surface area contributed by atoms with Gasteiger partial charge in [-0.1, -0.05) is 24.0 Å². The molecule has 31 heavy (non-hydrogen) atoms. The van der Waals surface area contributed by atoms with Crippen molar-refractivity contribution in [2.75, 3.05) is 26.9 Å². The van der Waals surface area contributed by atoms with Crippen LogP contribution in [0.4, 0.5) is 5.69 Å². The van der Waals surface area contributed by atoms with Crippen LogP contribution in [0.2, 0.25) is 0 Å². The summed E-state index contributed by atoms with van der Waals surface area (Å²) in [5.74, 6) is 1.58. The van der Waals surface area contributed by atoms with Gasteiger partial charge in [0.25, 0.3) is 11.6 Å². The van der Waals surface area contributed by atoms with Crippen LogP contribution in [0.5, 0.6) is 17.2 Å². The molecule has 1 aliphatic heterocycles. The number of hydrogen-bond donors (Lipinski definition) is 0. The van der Waals surface area contributed by atoms with Crippen LogP contribution >= 0.6 is 24.0 Å². The molecule has 162 valence electrons. The van der Waals surface area contributed by atoms with Gasteiger partial charge in [0, 0.05) is 24.2 Å². The summed E-state index contributed by atoms with van der Waals surface area (Å²) in [4.78, 5) is 25.1. The molecule has 1 fully saturated rings. The van der Waals surface area contributed by atoms with Crippen LogP contribution in [0, 0.1) is 10.1 Å². The molecular weight excluding hydrogens is 440 g/mol. The van der Waals surface area contributed by atoms with Gasteiger partial charge in [0.15, 0.2) is 0 Å². The van der Waals surface area contributed by atoms with Gasteiger partial charge < -0.3 is 14.2 Å². The molecule has 0 radical (unpaired) electrons. The molecule has 0 spiro atoms. The fraction of sp³-hybridized carbons (Fsp3) is 0.238. The van der Waals surface area contributed by atoms with Gasteiger partial charge in [0.05, 0.1) is 16.9 Å². The number of nitrogens with zero attached hydrogens (tertiary/aromatic N) is 2. The zero-order valence-electron chi connectivity index (χ0n) is 16.9. The minimum absolute atomic E-state index is 0.0981. The Bertz CT molecular complexity index is 1020. The SMILES string of the molecule is CCN1C(=O)C(=Cc2cc([N+](=O)[O-])ccc2OCCOc2ccc(OC)cc2)SC1=S. The quantitative estimate of drug-likeness (QED) is 0.180. The molecule has 2 aromatic carbocycles. The van der Waals surface area contributed by atoms with Crippen molar-refractivity contribution in [1.29, 1.82) is 0 Å². The number of methoxy groups -OCH3 is 1. The summed E-state index contributed by atoms with van der Waals surface area (Å²) < 4.78 is 17.0. The molecule has 3 rings (SSSR count). The number of ether oxygens (including phenoxy) is 3. The maximum atomic E-state index is 12.5. The highest BCUT2D eigenvalue weighted by atomic mass is 32.2. The number of nitro benzene ring substituents is 1. The van der Waals surface area contributed by atoms with Gasteiger partial charge in [0.2, 0.25) is 0 Å². The predicted molar refractivity (Wildman–Crippen MR) is 123 cm³/mol. The molecule has 1 heterocycles. The number of benzene rings is 2. The van der Waals surface area contributed by atoms with Crippen LogP contribution in [0.3, 0.4) is 0 Å². The van der Waals surface area contributed by atoms with Crippen LogP contribution in [0.25, 0.3) is 6.08 Å². The number of nitro groups is 1. The first-order chi connectivity index (χ1) is 14.9. The Kier molecular flexibility index (Phi) is 7.48. The van der Waals surface area contributed by atoms with E-state index in [0.717, 1.165) is 17.5 Å². The van der Waals surface area contributed by atoms with Gasteiger partial charge in [-0.2, -0.15) is 0 Å². The van der Waals surface area contributed by atoms with Gasteiger partial charge in [-0.25, -0.2) is 0 Å². The fourth-order valence-electron chi connectivity index (χ4n) is 2.79. The third-order valence-corrected chi connectivity index (χ3v) is 5.73. The number of thioether (sulfide) groups is 1. The average molecular weight is 461 g/mol. The molecule has 1 aliphatic rings. The lowest BCUT2D eigenvalue weighted by Crippen LogP contribution is -2.27. The molecular formula is C21H20N2O6S2. The average Bonchev–Trinajstić information content (AvgIpc) is 3.04. The number of likely N-dealkylation sites (N-methyl/N-ethyl adjacent to an activating group) is 1. The lowest BCUT2D eigenvalue weighted by atomic mass is 10.1. The minimum atomic E-state index is -0.495. The Morgan fingerprint density at radius 2 is 1.81 bits per heavy atom. The lowest BCUT2D eigenvalue weighted by Gasteiger charge is -2.11. The molecule has 0 atom stereocenters. The van der Waals surface area contributed by atoms with Crippen molar-refractivity contribution in [1.82, 2.24) is 4.90 Å². The first-order valence-electron chi connectivity index (χ1n) is 9.36. The number of rotatable bonds is 9. The summed E-state index contributed by atoms with van der Waals surface area (Å²) in [5, 5.41) is 11.2. The highest BCUT2D eigenvalue weighted by molar-refractivity contribution is 8.26. The maximum absolute atomic E-state index is 12.5.